The average molecular weight is 493 g/mol. The van der Waals surface area contributed by atoms with Gasteiger partial charge in [0, 0.05) is 10.6 Å². The Bertz CT molecular complexity index is 1190. The van der Waals surface area contributed by atoms with Gasteiger partial charge in [0.15, 0.2) is 11.0 Å². The predicted molar refractivity (Wildman–Crippen MR) is 136 cm³/mol. The topological polar surface area (TPSA) is 86.8 Å². The summed E-state index contributed by atoms with van der Waals surface area (Å²) in [6.45, 7) is 2.91. The largest absolute Gasteiger partial charge is 0.316 e. The maximum atomic E-state index is 12.8. The number of hydrogen-bond acceptors (Lipinski definition) is 7. The number of hydrogen-bond donors (Lipinski definition) is 1. The van der Waals surface area contributed by atoms with E-state index < -0.39 is 0 Å². The van der Waals surface area contributed by atoms with Crippen LogP contribution in [0.15, 0.2) is 35.5 Å². The lowest BCUT2D eigenvalue weighted by atomic mass is 9.96. The summed E-state index contributed by atoms with van der Waals surface area (Å²) in [4.78, 5) is 16.5. The standard InChI is InChI=1S/C25H28N6OS2/c26-15-20-19-11-5-6-12-21(19)34-24(20)27-23(32)17-33-25-29-28-22(16-30-13-7-2-8-14-30)31(25)18-9-3-1-4-10-18/h1,3-4,9-10H,2,5-8,11-14,16-17H2,(H,27,32). The molecule has 0 saturated carbocycles. The van der Waals surface area contributed by atoms with Crippen molar-refractivity contribution >= 4 is 34.0 Å². The first-order chi connectivity index (χ1) is 16.7. The number of carbonyl (C=O) groups is 1. The number of piperidine rings is 1. The van der Waals surface area contributed by atoms with E-state index >= 15 is 0 Å². The molecular formula is C25H28N6OS2. The van der Waals surface area contributed by atoms with E-state index in [-0.39, 0.29) is 11.7 Å². The van der Waals surface area contributed by atoms with E-state index in [0.717, 1.165) is 62.4 Å². The summed E-state index contributed by atoms with van der Waals surface area (Å²) >= 11 is 2.94. The van der Waals surface area contributed by atoms with E-state index in [0.29, 0.717) is 15.7 Å². The van der Waals surface area contributed by atoms with E-state index in [9.17, 15) is 10.1 Å². The Kier molecular flexibility index (Phi) is 7.28. The maximum absolute atomic E-state index is 12.8. The van der Waals surface area contributed by atoms with E-state index in [1.165, 1.54) is 35.9 Å². The van der Waals surface area contributed by atoms with Crippen molar-refractivity contribution in [1.29, 1.82) is 5.26 Å². The van der Waals surface area contributed by atoms with E-state index in [4.69, 9.17) is 0 Å². The third-order valence-electron chi connectivity index (χ3n) is 6.40. The van der Waals surface area contributed by atoms with Crippen molar-refractivity contribution in [2.45, 2.75) is 56.6 Å². The number of benzene rings is 1. The highest BCUT2D eigenvalue weighted by molar-refractivity contribution is 7.99. The number of para-hydroxylation sites is 1. The molecule has 0 atom stereocenters. The highest BCUT2D eigenvalue weighted by Gasteiger charge is 2.23. The van der Waals surface area contributed by atoms with Crippen LogP contribution in [-0.4, -0.2) is 44.4 Å². The van der Waals surface area contributed by atoms with Gasteiger partial charge in [0.05, 0.1) is 17.9 Å². The molecule has 176 valence electrons. The third-order valence-corrected chi connectivity index (χ3v) is 8.53. The molecule has 0 radical (unpaired) electrons. The van der Waals surface area contributed by atoms with Crippen LogP contribution < -0.4 is 5.32 Å². The zero-order valence-electron chi connectivity index (χ0n) is 19.1. The molecular weight excluding hydrogens is 464 g/mol. The highest BCUT2D eigenvalue weighted by Crippen LogP contribution is 2.37. The lowest BCUT2D eigenvalue weighted by Gasteiger charge is -2.26. The molecule has 34 heavy (non-hydrogen) atoms. The average Bonchev–Trinajstić information content (AvgIpc) is 3.44. The van der Waals surface area contributed by atoms with E-state index in [2.05, 4.69) is 31.1 Å². The second-order valence-corrected chi connectivity index (χ2v) is 10.8. The number of carbonyl (C=O) groups excluding carboxylic acids is 1. The van der Waals surface area contributed by atoms with Gasteiger partial charge in [0.1, 0.15) is 11.1 Å². The second kappa shape index (κ2) is 10.7. The summed E-state index contributed by atoms with van der Waals surface area (Å²) in [6.07, 6.45) is 7.92. The van der Waals surface area contributed by atoms with Crippen LogP contribution in [0.1, 0.15) is 53.9 Å². The quantitative estimate of drug-likeness (QED) is 0.477. The Morgan fingerprint density at radius 2 is 1.88 bits per heavy atom. The van der Waals surface area contributed by atoms with Crippen molar-refractivity contribution < 1.29 is 4.79 Å². The number of nitriles is 1. The third kappa shape index (κ3) is 5.04. The van der Waals surface area contributed by atoms with Crippen LogP contribution in [0, 0.1) is 11.3 Å². The Hall–Kier alpha value is -2.67. The molecule has 9 heteroatoms. The fraction of sp³-hybridized carbons (Fsp3) is 0.440. The number of amides is 1. The van der Waals surface area contributed by atoms with Gasteiger partial charge >= 0.3 is 0 Å². The van der Waals surface area contributed by atoms with Gasteiger partial charge in [-0.1, -0.05) is 36.4 Å². The van der Waals surface area contributed by atoms with Crippen molar-refractivity contribution in [2.75, 3.05) is 24.2 Å². The number of anilines is 1. The second-order valence-electron chi connectivity index (χ2n) is 8.77. The first-order valence-electron chi connectivity index (χ1n) is 11.9. The molecule has 5 rings (SSSR count). The van der Waals surface area contributed by atoms with Crippen LogP contribution in [0.5, 0.6) is 0 Å². The molecule has 2 aromatic heterocycles. The SMILES string of the molecule is N#Cc1c(NC(=O)CSc2nnc(CN3CCCCC3)n2-c2ccccc2)sc2c1CCCC2. The number of nitrogens with one attached hydrogen (secondary N) is 1. The number of thioether (sulfide) groups is 1. The molecule has 1 N–H and O–H groups in total. The van der Waals surface area contributed by atoms with Gasteiger partial charge in [-0.25, -0.2) is 0 Å². The van der Waals surface area contributed by atoms with E-state index in [1.807, 2.05) is 30.3 Å². The zero-order chi connectivity index (χ0) is 23.3. The normalized spacial score (nSPS) is 16.1. The van der Waals surface area contributed by atoms with Gasteiger partial charge in [0.25, 0.3) is 0 Å². The van der Waals surface area contributed by atoms with Crippen molar-refractivity contribution in [1.82, 2.24) is 19.7 Å². The lowest BCUT2D eigenvalue weighted by Crippen LogP contribution is -2.30. The van der Waals surface area contributed by atoms with Crippen molar-refractivity contribution in [3.8, 4) is 11.8 Å². The smallest absolute Gasteiger partial charge is 0.235 e. The van der Waals surface area contributed by atoms with Gasteiger partial charge in [0.2, 0.25) is 5.91 Å². The predicted octanol–water partition coefficient (Wildman–Crippen LogP) is 4.80. The van der Waals surface area contributed by atoms with Gasteiger partial charge in [-0.3, -0.25) is 14.3 Å². The Morgan fingerprint density at radius 1 is 1.09 bits per heavy atom. The number of aryl methyl sites for hydroxylation is 1. The first-order valence-corrected chi connectivity index (χ1v) is 13.7. The number of rotatable bonds is 7. The van der Waals surface area contributed by atoms with Gasteiger partial charge in [-0.05, 0) is 69.3 Å². The van der Waals surface area contributed by atoms with Gasteiger partial charge < -0.3 is 5.32 Å². The van der Waals surface area contributed by atoms with Gasteiger partial charge in [-0.15, -0.1) is 21.5 Å². The molecule has 0 unspecified atom stereocenters. The van der Waals surface area contributed by atoms with Crippen LogP contribution in [0.3, 0.4) is 0 Å². The molecule has 0 spiro atoms. The van der Waals surface area contributed by atoms with Crippen LogP contribution in [0.2, 0.25) is 0 Å². The van der Waals surface area contributed by atoms with Crippen molar-refractivity contribution in [3.63, 3.8) is 0 Å². The molecule has 0 bridgehead atoms. The summed E-state index contributed by atoms with van der Waals surface area (Å²) in [5, 5.41) is 23.0. The van der Waals surface area contributed by atoms with Crippen LogP contribution >= 0.6 is 23.1 Å². The molecule has 1 aliphatic carbocycles. The maximum Gasteiger partial charge on any atom is 0.235 e. The molecule has 2 aliphatic rings. The summed E-state index contributed by atoms with van der Waals surface area (Å²) in [5.41, 5.74) is 2.78. The molecule has 1 saturated heterocycles. The van der Waals surface area contributed by atoms with Crippen molar-refractivity contribution in [3.05, 3.63) is 52.2 Å². The number of likely N-dealkylation sites (tertiary alicyclic amines) is 1. The Labute approximate surface area is 208 Å². The molecule has 1 aliphatic heterocycles. The minimum atomic E-state index is -0.125. The number of thiophene rings is 1. The van der Waals surface area contributed by atoms with Crippen LogP contribution in [0.4, 0.5) is 5.00 Å². The molecule has 3 aromatic rings. The minimum Gasteiger partial charge on any atom is -0.316 e. The monoisotopic (exact) mass is 492 g/mol. The molecule has 3 heterocycles. The highest BCUT2D eigenvalue weighted by atomic mass is 32.2. The Balaban J connectivity index is 1.31. The number of nitrogens with zero attached hydrogens (tertiary/aromatic N) is 5. The fourth-order valence-electron chi connectivity index (χ4n) is 4.72. The summed E-state index contributed by atoms with van der Waals surface area (Å²) < 4.78 is 2.07. The summed E-state index contributed by atoms with van der Waals surface area (Å²) in [6, 6.07) is 12.4. The number of aromatic nitrogens is 3. The van der Waals surface area contributed by atoms with Crippen molar-refractivity contribution in [2.24, 2.45) is 0 Å². The van der Waals surface area contributed by atoms with Crippen LogP contribution in [0.25, 0.3) is 5.69 Å². The summed E-state index contributed by atoms with van der Waals surface area (Å²) in [7, 11) is 0. The Morgan fingerprint density at radius 3 is 2.68 bits per heavy atom. The first kappa shape index (κ1) is 23.1. The fourth-order valence-corrected chi connectivity index (χ4v) is 6.74. The van der Waals surface area contributed by atoms with Gasteiger partial charge in [-0.2, -0.15) is 5.26 Å². The number of fused-ring (bicyclic) bond motifs is 1. The zero-order valence-corrected chi connectivity index (χ0v) is 20.8. The lowest BCUT2D eigenvalue weighted by molar-refractivity contribution is -0.113. The summed E-state index contributed by atoms with van der Waals surface area (Å²) in [5.74, 6) is 0.983. The molecule has 7 nitrogen and oxygen atoms in total. The van der Waals surface area contributed by atoms with E-state index in [1.54, 1.807) is 11.3 Å². The van der Waals surface area contributed by atoms with Crippen LogP contribution in [-0.2, 0) is 24.2 Å². The minimum absolute atomic E-state index is 0.125. The molecule has 1 fully saturated rings. The molecule has 1 amide bonds. The molecule has 1 aromatic carbocycles.